The molecule has 67 heavy (non-hydrogen) atoms. The molecule has 0 saturated carbocycles. The van der Waals surface area contributed by atoms with Crippen LogP contribution in [0.5, 0.6) is 0 Å². The molecular formula is C61H104O6. The Kier molecular flexibility index (Phi) is 52.4. The molecule has 0 aromatic heterocycles. The van der Waals surface area contributed by atoms with Crippen molar-refractivity contribution in [3.8, 4) is 0 Å². The van der Waals surface area contributed by atoms with E-state index < -0.39 is 6.10 Å². The van der Waals surface area contributed by atoms with E-state index in [4.69, 9.17) is 14.2 Å². The van der Waals surface area contributed by atoms with Crippen LogP contribution >= 0.6 is 0 Å². The molecule has 6 nitrogen and oxygen atoms in total. The zero-order valence-electron chi connectivity index (χ0n) is 43.9. The number of ether oxygens (including phenoxy) is 3. The second-order valence-corrected chi connectivity index (χ2v) is 18.5. The van der Waals surface area contributed by atoms with Gasteiger partial charge in [-0.05, 0) is 83.5 Å². The number of carbonyl (C=O) groups excluding carboxylic acids is 3. The van der Waals surface area contributed by atoms with E-state index in [0.29, 0.717) is 19.3 Å². The van der Waals surface area contributed by atoms with Crippen molar-refractivity contribution in [1.82, 2.24) is 0 Å². The van der Waals surface area contributed by atoms with Gasteiger partial charge in [0.05, 0.1) is 0 Å². The van der Waals surface area contributed by atoms with Gasteiger partial charge in [0.15, 0.2) is 6.10 Å². The van der Waals surface area contributed by atoms with Gasteiger partial charge >= 0.3 is 17.9 Å². The van der Waals surface area contributed by atoms with Gasteiger partial charge in [0.2, 0.25) is 0 Å². The quantitative estimate of drug-likeness (QED) is 0.0262. The first-order valence-electron chi connectivity index (χ1n) is 28.1. The Morgan fingerprint density at radius 2 is 0.612 bits per heavy atom. The highest BCUT2D eigenvalue weighted by molar-refractivity contribution is 5.71. The number of hydrogen-bond acceptors (Lipinski definition) is 6. The molecule has 0 fully saturated rings. The molecule has 0 aliphatic rings. The fraction of sp³-hybridized carbons (Fsp3) is 0.721. The van der Waals surface area contributed by atoms with Crippen molar-refractivity contribution in [2.75, 3.05) is 13.2 Å². The maximum atomic E-state index is 12.8. The van der Waals surface area contributed by atoms with E-state index in [-0.39, 0.29) is 37.5 Å². The van der Waals surface area contributed by atoms with Crippen molar-refractivity contribution in [2.45, 2.75) is 271 Å². The molecular weight excluding hydrogens is 829 g/mol. The topological polar surface area (TPSA) is 78.9 Å². The summed E-state index contributed by atoms with van der Waals surface area (Å²) in [5, 5.41) is 0. The van der Waals surface area contributed by atoms with Crippen molar-refractivity contribution < 1.29 is 28.6 Å². The molecule has 1 unspecified atom stereocenters. The van der Waals surface area contributed by atoms with Gasteiger partial charge in [-0.2, -0.15) is 0 Å². The van der Waals surface area contributed by atoms with Crippen molar-refractivity contribution >= 4 is 17.9 Å². The highest BCUT2D eigenvalue weighted by Gasteiger charge is 2.19. The first-order valence-corrected chi connectivity index (χ1v) is 28.1. The molecule has 0 N–H and O–H groups in total. The summed E-state index contributed by atoms with van der Waals surface area (Å²) in [6.45, 7) is 6.45. The van der Waals surface area contributed by atoms with Crippen LogP contribution in [-0.2, 0) is 28.6 Å². The second-order valence-electron chi connectivity index (χ2n) is 18.5. The molecule has 6 heteroatoms. The Labute approximate surface area is 414 Å². The SMILES string of the molecule is CC/C=C\C/C=C\C/C=C\C/C=C\C/C=C\C/C=C\CCC(=O)OCC(COC(=O)CCCCCCC/C=C\CCCCCC)OC(=O)CCCCCCCCCCCCCCCCCCC. The minimum absolute atomic E-state index is 0.102. The van der Waals surface area contributed by atoms with Gasteiger partial charge in [-0.1, -0.05) is 247 Å². The molecule has 0 heterocycles. The average Bonchev–Trinajstić information content (AvgIpc) is 3.33. The zero-order valence-corrected chi connectivity index (χ0v) is 43.9. The number of esters is 3. The molecule has 0 aromatic rings. The Morgan fingerprint density at radius 1 is 0.313 bits per heavy atom. The minimum atomic E-state index is -0.809. The molecule has 0 aliphatic carbocycles. The lowest BCUT2D eigenvalue weighted by atomic mass is 10.0. The highest BCUT2D eigenvalue weighted by Crippen LogP contribution is 2.16. The lowest BCUT2D eigenvalue weighted by Gasteiger charge is -2.18. The van der Waals surface area contributed by atoms with Gasteiger partial charge in [-0.25, -0.2) is 0 Å². The van der Waals surface area contributed by atoms with Gasteiger partial charge in [0.25, 0.3) is 0 Å². The largest absolute Gasteiger partial charge is 0.462 e. The maximum Gasteiger partial charge on any atom is 0.306 e. The Hall–Kier alpha value is -3.41. The summed E-state index contributed by atoms with van der Waals surface area (Å²) in [4.78, 5) is 38.1. The molecule has 0 rings (SSSR count). The summed E-state index contributed by atoms with van der Waals surface area (Å²) in [6.07, 6.45) is 71.5. The monoisotopic (exact) mass is 933 g/mol. The van der Waals surface area contributed by atoms with Crippen LogP contribution in [-0.4, -0.2) is 37.2 Å². The van der Waals surface area contributed by atoms with Crippen molar-refractivity contribution in [3.63, 3.8) is 0 Å². The Bertz CT molecular complexity index is 1300. The summed E-state index contributed by atoms with van der Waals surface area (Å²) in [5.41, 5.74) is 0. The first kappa shape index (κ1) is 63.6. The smallest absolute Gasteiger partial charge is 0.306 e. The van der Waals surface area contributed by atoms with Crippen LogP contribution in [0.15, 0.2) is 85.1 Å². The molecule has 0 amide bonds. The predicted molar refractivity (Wildman–Crippen MR) is 288 cm³/mol. The molecule has 1 atom stereocenters. The second kappa shape index (κ2) is 55.2. The Balaban J connectivity index is 4.48. The predicted octanol–water partition coefficient (Wildman–Crippen LogP) is 18.8. The van der Waals surface area contributed by atoms with Crippen molar-refractivity contribution in [1.29, 1.82) is 0 Å². The first-order chi connectivity index (χ1) is 33.0. The van der Waals surface area contributed by atoms with Crippen molar-refractivity contribution in [3.05, 3.63) is 85.1 Å². The van der Waals surface area contributed by atoms with Crippen LogP contribution < -0.4 is 0 Å². The number of allylic oxidation sites excluding steroid dienone is 14. The van der Waals surface area contributed by atoms with Gasteiger partial charge < -0.3 is 14.2 Å². The van der Waals surface area contributed by atoms with E-state index in [0.717, 1.165) is 89.9 Å². The van der Waals surface area contributed by atoms with Gasteiger partial charge in [-0.3, -0.25) is 14.4 Å². The normalized spacial score (nSPS) is 12.7. The van der Waals surface area contributed by atoms with Gasteiger partial charge in [0, 0.05) is 19.3 Å². The summed E-state index contributed by atoms with van der Waals surface area (Å²) >= 11 is 0. The molecule has 0 aromatic carbocycles. The average molecular weight is 933 g/mol. The van der Waals surface area contributed by atoms with Gasteiger partial charge in [-0.15, -0.1) is 0 Å². The van der Waals surface area contributed by atoms with Crippen LogP contribution in [0.4, 0.5) is 0 Å². The van der Waals surface area contributed by atoms with E-state index in [1.54, 1.807) is 0 Å². The molecule has 0 spiro atoms. The van der Waals surface area contributed by atoms with Crippen LogP contribution in [0.3, 0.4) is 0 Å². The van der Waals surface area contributed by atoms with Crippen molar-refractivity contribution in [2.24, 2.45) is 0 Å². The fourth-order valence-electron chi connectivity index (χ4n) is 7.70. The molecule has 384 valence electrons. The maximum absolute atomic E-state index is 12.8. The van der Waals surface area contributed by atoms with E-state index in [1.165, 1.54) is 128 Å². The Morgan fingerprint density at radius 3 is 1.01 bits per heavy atom. The molecule has 0 saturated heterocycles. The van der Waals surface area contributed by atoms with E-state index in [2.05, 4.69) is 99.8 Å². The lowest BCUT2D eigenvalue weighted by molar-refractivity contribution is -0.166. The summed E-state index contributed by atoms with van der Waals surface area (Å²) in [5.74, 6) is -0.992. The third-order valence-corrected chi connectivity index (χ3v) is 11.9. The van der Waals surface area contributed by atoms with Crippen LogP contribution in [0, 0.1) is 0 Å². The van der Waals surface area contributed by atoms with Crippen LogP contribution in [0.25, 0.3) is 0 Å². The summed E-state index contributed by atoms with van der Waals surface area (Å²) < 4.78 is 16.8. The number of hydrogen-bond donors (Lipinski definition) is 0. The summed E-state index contributed by atoms with van der Waals surface area (Å²) in [7, 11) is 0. The number of unbranched alkanes of at least 4 members (excludes halogenated alkanes) is 25. The highest BCUT2D eigenvalue weighted by atomic mass is 16.6. The fourth-order valence-corrected chi connectivity index (χ4v) is 7.70. The van der Waals surface area contributed by atoms with Crippen LogP contribution in [0.1, 0.15) is 265 Å². The zero-order chi connectivity index (χ0) is 48.6. The van der Waals surface area contributed by atoms with Crippen LogP contribution in [0.2, 0.25) is 0 Å². The molecule has 0 radical (unpaired) electrons. The van der Waals surface area contributed by atoms with E-state index >= 15 is 0 Å². The molecule has 0 aliphatic heterocycles. The number of carbonyl (C=O) groups is 3. The minimum Gasteiger partial charge on any atom is -0.462 e. The standard InChI is InChI=1S/C61H104O6/c1-4-7-10-13-16-19-22-25-27-29-30-32-33-36-39-42-45-48-51-54-60(63)66-57-58(56-65-59(62)53-50-47-44-41-38-35-24-21-18-15-12-9-6-3)67-61(64)55-52-49-46-43-40-37-34-31-28-26-23-20-17-14-11-8-5-2/h7,10,16,19,21,24-25,27,30,32,36,39,45,48,58H,4-6,8-9,11-15,17-18,20,22-23,26,28-29,31,33-35,37-38,40-44,46-47,49-57H2,1-3H3/b10-7-,19-16-,24-21-,27-25-,32-30-,39-36-,48-45-. The van der Waals surface area contributed by atoms with Gasteiger partial charge in [0.1, 0.15) is 13.2 Å². The third kappa shape index (κ3) is 53.4. The summed E-state index contributed by atoms with van der Waals surface area (Å²) in [6, 6.07) is 0. The lowest BCUT2D eigenvalue weighted by Crippen LogP contribution is -2.30. The van der Waals surface area contributed by atoms with E-state index in [9.17, 15) is 14.4 Å². The third-order valence-electron chi connectivity index (χ3n) is 11.9. The van der Waals surface area contributed by atoms with E-state index in [1.807, 2.05) is 6.08 Å². The molecule has 0 bridgehead atoms. The number of rotatable bonds is 50.